The van der Waals surface area contributed by atoms with Crippen LogP contribution in [0.5, 0.6) is 0 Å². The third-order valence-electron chi connectivity index (χ3n) is 3.30. The quantitative estimate of drug-likeness (QED) is 0.644. The number of aliphatic carboxylic acids is 1. The van der Waals surface area contributed by atoms with Gasteiger partial charge in [0, 0.05) is 6.54 Å². The van der Waals surface area contributed by atoms with Crippen LogP contribution in [0, 0.1) is 0 Å². The van der Waals surface area contributed by atoms with Crippen molar-refractivity contribution in [1.29, 1.82) is 0 Å². The number of amides is 3. The van der Waals surface area contributed by atoms with Crippen molar-refractivity contribution in [3.8, 4) is 0 Å². The number of hydrogen-bond donors (Lipinski definition) is 3. The number of nitrogens with two attached hydrogens (primary N) is 1. The molecule has 0 bridgehead atoms. The molecule has 7 heteroatoms. The van der Waals surface area contributed by atoms with Crippen molar-refractivity contribution in [3.63, 3.8) is 0 Å². The van der Waals surface area contributed by atoms with E-state index in [-0.39, 0.29) is 0 Å². The largest absolute Gasteiger partial charge is 0.480 e. The number of carboxylic acid groups (broad SMARTS) is 1. The number of carbonyl (C=O) groups excluding carboxylic acids is 2. The second kappa shape index (κ2) is 6.96. The zero-order valence-electron chi connectivity index (χ0n) is 11.1. The Balaban J connectivity index is 2.60. The molecule has 3 amide bonds. The van der Waals surface area contributed by atoms with Gasteiger partial charge in [0.15, 0.2) is 0 Å². The summed E-state index contributed by atoms with van der Waals surface area (Å²) < 4.78 is 0. The maximum absolute atomic E-state index is 12.0. The van der Waals surface area contributed by atoms with Crippen LogP contribution in [0.3, 0.4) is 0 Å². The monoisotopic (exact) mass is 271 g/mol. The highest BCUT2D eigenvalue weighted by Gasteiger charge is 2.34. The van der Waals surface area contributed by atoms with Crippen molar-refractivity contribution >= 4 is 17.9 Å². The molecule has 0 aromatic heterocycles. The molecular formula is C12H21N3O4. The summed E-state index contributed by atoms with van der Waals surface area (Å²) in [5.41, 5.74) is 5.19. The van der Waals surface area contributed by atoms with E-state index in [1.165, 1.54) is 4.90 Å². The lowest BCUT2D eigenvalue weighted by molar-refractivity contribution is -0.142. The van der Waals surface area contributed by atoms with Crippen LogP contribution in [0.15, 0.2) is 0 Å². The van der Waals surface area contributed by atoms with Crippen LogP contribution < -0.4 is 11.1 Å². The molecule has 2 atom stereocenters. The van der Waals surface area contributed by atoms with Gasteiger partial charge in [-0.25, -0.2) is 9.59 Å². The first-order valence-corrected chi connectivity index (χ1v) is 6.56. The van der Waals surface area contributed by atoms with Gasteiger partial charge in [0.1, 0.15) is 12.1 Å². The fourth-order valence-corrected chi connectivity index (χ4v) is 2.24. The number of nitrogens with zero attached hydrogens (tertiary/aromatic N) is 1. The molecule has 1 rings (SSSR count). The number of nitrogens with one attached hydrogen (secondary N) is 1. The van der Waals surface area contributed by atoms with Crippen molar-refractivity contribution in [2.75, 3.05) is 6.54 Å². The van der Waals surface area contributed by atoms with Crippen molar-refractivity contribution in [2.24, 2.45) is 5.73 Å². The second-order valence-electron chi connectivity index (χ2n) is 4.73. The number of carboxylic acids is 1. The number of hydrogen-bond acceptors (Lipinski definition) is 3. The number of urea groups is 1. The maximum Gasteiger partial charge on any atom is 0.326 e. The van der Waals surface area contributed by atoms with E-state index in [0.29, 0.717) is 25.8 Å². The average Bonchev–Trinajstić information content (AvgIpc) is 2.83. The van der Waals surface area contributed by atoms with Gasteiger partial charge in [-0.05, 0) is 19.3 Å². The Hall–Kier alpha value is -1.79. The van der Waals surface area contributed by atoms with Gasteiger partial charge in [-0.1, -0.05) is 19.8 Å². The standard InChI is InChI=1S/C12H21N3O4/c1-2-3-5-8(11(17)18)14-10(16)9-6-4-7-15(9)12(13)19/h8-9H,2-7H2,1H3,(H2,13,19)(H,14,16)(H,17,18)/t8-,9-/m0/s1. The minimum Gasteiger partial charge on any atom is -0.480 e. The van der Waals surface area contributed by atoms with Crippen LogP contribution in [0.4, 0.5) is 4.79 Å². The molecule has 108 valence electrons. The Bertz CT molecular complexity index is 359. The number of unbranched alkanes of at least 4 members (excludes halogenated alkanes) is 1. The molecule has 1 fully saturated rings. The molecule has 7 nitrogen and oxygen atoms in total. The van der Waals surface area contributed by atoms with Crippen LogP contribution in [0.25, 0.3) is 0 Å². The van der Waals surface area contributed by atoms with E-state index >= 15 is 0 Å². The summed E-state index contributed by atoms with van der Waals surface area (Å²) in [7, 11) is 0. The highest BCUT2D eigenvalue weighted by molar-refractivity contribution is 5.90. The molecule has 1 aliphatic rings. The topological polar surface area (TPSA) is 113 Å². The normalized spacial score (nSPS) is 20.1. The van der Waals surface area contributed by atoms with Crippen LogP contribution in [0.1, 0.15) is 39.0 Å². The van der Waals surface area contributed by atoms with Gasteiger partial charge >= 0.3 is 12.0 Å². The van der Waals surface area contributed by atoms with Gasteiger partial charge in [0.2, 0.25) is 5.91 Å². The lowest BCUT2D eigenvalue weighted by atomic mass is 10.1. The fraction of sp³-hybridized carbons (Fsp3) is 0.750. The van der Waals surface area contributed by atoms with Crippen molar-refractivity contribution in [3.05, 3.63) is 0 Å². The summed E-state index contributed by atoms with van der Waals surface area (Å²) in [6.07, 6.45) is 3.20. The van der Waals surface area contributed by atoms with Gasteiger partial charge in [0.25, 0.3) is 0 Å². The SMILES string of the molecule is CCCC[C@H](NC(=O)[C@@H]1CCCN1C(N)=O)C(=O)O. The highest BCUT2D eigenvalue weighted by atomic mass is 16.4. The Kier molecular flexibility index (Phi) is 5.59. The molecule has 19 heavy (non-hydrogen) atoms. The van der Waals surface area contributed by atoms with E-state index in [0.717, 1.165) is 12.8 Å². The average molecular weight is 271 g/mol. The molecule has 4 N–H and O–H groups in total. The lowest BCUT2D eigenvalue weighted by Crippen LogP contribution is -2.51. The Labute approximate surface area is 112 Å². The van der Waals surface area contributed by atoms with Crippen LogP contribution >= 0.6 is 0 Å². The van der Waals surface area contributed by atoms with Gasteiger partial charge in [-0.3, -0.25) is 4.79 Å². The Morgan fingerprint density at radius 3 is 2.68 bits per heavy atom. The summed E-state index contributed by atoms with van der Waals surface area (Å²) in [6.45, 7) is 2.40. The minimum absolute atomic E-state index is 0.390. The van der Waals surface area contributed by atoms with Crippen LogP contribution in [-0.2, 0) is 9.59 Å². The molecule has 1 saturated heterocycles. The summed E-state index contributed by atoms with van der Waals surface area (Å²) in [4.78, 5) is 35.5. The van der Waals surface area contributed by atoms with E-state index in [1.54, 1.807) is 0 Å². The molecule has 1 aliphatic heterocycles. The number of likely N-dealkylation sites (tertiary alicyclic amines) is 1. The first-order valence-electron chi connectivity index (χ1n) is 6.56. The molecule has 0 aliphatic carbocycles. The van der Waals surface area contributed by atoms with Gasteiger partial charge in [-0.2, -0.15) is 0 Å². The van der Waals surface area contributed by atoms with Crippen LogP contribution in [-0.4, -0.2) is 46.5 Å². The lowest BCUT2D eigenvalue weighted by Gasteiger charge is -2.23. The molecule has 0 aromatic carbocycles. The smallest absolute Gasteiger partial charge is 0.326 e. The molecule has 0 aromatic rings. The number of rotatable bonds is 6. The summed E-state index contributed by atoms with van der Waals surface area (Å²) in [5.74, 6) is -1.48. The summed E-state index contributed by atoms with van der Waals surface area (Å²) in [5, 5.41) is 11.5. The molecular weight excluding hydrogens is 250 g/mol. The minimum atomic E-state index is -1.05. The Morgan fingerprint density at radius 2 is 2.16 bits per heavy atom. The highest BCUT2D eigenvalue weighted by Crippen LogP contribution is 2.17. The number of primary amides is 1. The first kappa shape index (κ1) is 15.3. The molecule has 0 saturated carbocycles. The first-order chi connectivity index (χ1) is 8.97. The predicted octanol–water partition coefficient (Wildman–Crippen LogP) is 0.289. The van der Waals surface area contributed by atoms with Gasteiger partial charge in [-0.15, -0.1) is 0 Å². The van der Waals surface area contributed by atoms with E-state index in [4.69, 9.17) is 10.8 Å². The van der Waals surface area contributed by atoms with E-state index in [1.807, 2.05) is 6.92 Å². The van der Waals surface area contributed by atoms with Gasteiger partial charge < -0.3 is 21.1 Å². The number of carbonyl (C=O) groups is 3. The predicted molar refractivity (Wildman–Crippen MR) is 68.4 cm³/mol. The summed E-state index contributed by atoms with van der Waals surface area (Å²) >= 11 is 0. The van der Waals surface area contributed by atoms with E-state index in [2.05, 4.69) is 5.32 Å². The zero-order chi connectivity index (χ0) is 14.4. The molecule has 0 unspecified atom stereocenters. The summed E-state index contributed by atoms with van der Waals surface area (Å²) in [6, 6.07) is -2.18. The molecule has 1 heterocycles. The third-order valence-corrected chi connectivity index (χ3v) is 3.30. The van der Waals surface area contributed by atoms with Crippen molar-refractivity contribution in [2.45, 2.75) is 51.1 Å². The van der Waals surface area contributed by atoms with E-state index < -0.39 is 30.0 Å². The third kappa shape index (κ3) is 4.11. The fourth-order valence-electron chi connectivity index (χ4n) is 2.24. The molecule has 0 radical (unpaired) electrons. The Morgan fingerprint density at radius 1 is 1.47 bits per heavy atom. The van der Waals surface area contributed by atoms with Crippen LogP contribution in [0.2, 0.25) is 0 Å². The van der Waals surface area contributed by atoms with E-state index in [9.17, 15) is 14.4 Å². The zero-order valence-corrected chi connectivity index (χ0v) is 11.1. The van der Waals surface area contributed by atoms with Crippen molar-refractivity contribution < 1.29 is 19.5 Å². The maximum atomic E-state index is 12.0. The molecule has 0 spiro atoms. The van der Waals surface area contributed by atoms with Crippen molar-refractivity contribution in [1.82, 2.24) is 10.2 Å². The van der Waals surface area contributed by atoms with Gasteiger partial charge in [0.05, 0.1) is 0 Å². The second-order valence-corrected chi connectivity index (χ2v) is 4.73.